The lowest BCUT2D eigenvalue weighted by Crippen LogP contribution is -2.57. The molecule has 0 aliphatic carbocycles. The lowest BCUT2D eigenvalue weighted by Gasteiger charge is -2.38. The summed E-state index contributed by atoms with van der Waals surface area (Å²) in [7, 11) is 1.65. The molecule has 11 nitrogen and oxygen atoms in total. The smallest absolute Gasteiger partial charge is 0.326 e. The van der Waals surface area contributed by atoms with Crippen molar-refractivity contribution >= 4 is 60.5 Å². The highest BCUT2D eigenvalue weighted by atomic mass is 79.9. The number of hydrogen-bond acceptors (Lipinski definition) is 6. The number of phenolic OH excluding ortho intramolecular Hbond substituents is 1. The SMILES string of the molecule is COc1ccccc1N1CCN(C(=O)[C@@H](Cc2cc(Br)c(O)c(Br)c2)NC(=O)N2CCC(n3c(=O)[nH]c4ccccc43)CC2)CC1. The van der Waals surface area contributed by atoms with E-state index in [1.54, 1.807) is 33.6 Å². The lowest BCUT2D eigenvalue weighted by atomic mass is 10.0. The highest BCUT2D eigenvalue weighted by molar-refractivity contribution is 9.11. The Bertz CT molecular complexity index is 1770. The Morgan fingerprint density at radius 1 is 0.957 bits per heavy atom. The van der Waals surface area contributed by atoms with E-state index in [1.807, 2.05) is 48.5 Å². The summed E-state index contributed by atoms with van der Waals surface area (Å²) >= 11 is 6.77. The number of benzene rings is 3. The molecule has 0 radical (unpaired) electrons. The number of urea groups is 1. The minimum atomic E-state index is -0.817. The van der Waals surface area contributed by atoms with Gasteiger partial charge in [0.2, 0.25) is 5.91 Å². The van der Waals surface area contributed by atoms with Gasteiger partial charge in [0.25, 0.3) is 0 Å². The molecule has 2 aliphatic heterocycles. The molecule has 1 aromatic heterocycles. The van der Waals surface area contributed by atoms with E-state index in [4.69, 9.17) is 4.74 Å². The molecule has 3 amide bonds. The number of aromatic amines is 1. The van der Waals surface area contributed by atoms with Gasteiger partial charge >= 0.3 is 11.7 Å². The number of phenols is 1. The Labute approximate surface area is 283 Å². The number of rotatable bonds is 7. The van der Waals surface area contributed by atoms with Crippen LogP contribution in [-0.4, -0.2) is 88.8 Å². The van der Waals surface area contributed by atoms with Gasteiger partial charge in [0.05, 0.1) is 32.8 Å². The van der Waals surface area contributed by atoms with Crippen molar-refractivity contribution in [3.8, 4) is 11.5 Å². The Hall–Kier alpha value is -3.97. The molecule has 3 heterocycles. The molecule has 2 fully saturated rings. The molecular weight excluding hydrogens is 720 g/mol. The molecule has 2 saturated heterocycles. The van der Waals surface area contributed by atoms with E-state index in [2.05, 4.69) is 47.1 Å². The highest BCUT2D eigenvalue weighted by Crippen LogP contribution is 2.34. The van der Waals surface area contributed by atoms with Crippen LogP contribution in [0.5, 0.6) is 11.5 Å². The van der Waals surface area contributed by atoms with Crippen molar-refractivity contribution in [3.63, 3.8) is 0 Å². The number of hydrogen-bond donors (Lipinski definition) is 3. The average Bonchev–Trinajstić information content (AvgIpc) is 3.42. The van der Waals surface area contributed by atoms with Crippen molar-refractivity contribution in [1.29, 1.82) is 0 Å². The number of para-hydroxylation sites is 4. The van der Waals surface area contributed by atoms with Gasteiger partial charge in [-0.05, 0) is 86.7 Å². The number of carbonyl (C=O) groups is 2. The summed E-state index contributed by atoms with van der Waals surface area (Å²) in [5.74, 6) is 0.697. The summed E-state index contributed by atoms with van der Waals surface area (Å²) in [6.45, 7) is 3.16. The zero-order chi connectivity index (χ0) is 32.4. The largest absolute Gasteiger partial charge is 0.506 e. The summed E-state index contributed by atoms with van der Waals surface area (Å²) in [4.78, 5) is 49.1. The number of carbonyl (C=O) groups excluding carboxylic acids is 2. The summed E-state index contributed by atoms with van der Waals surface area (Å²) in [5, 5.41) is 13.3. The van der Waals surface area contributed by atoms with Gasteiger partial charge in [0.15, 0.2) is 0 Å². The molecule has 4 aromatic rings. The van der Waals surface area contributed by atoms with E-state index < -0.39 is 6.04 Å². The van der Waals surface area contributed by atoms with Gasteiger partial charge in [-0.25, -0.2) is 9.59 Å². The normalized spacial score (nSPS) is 16.5. The number of aromatic hydroxyl groups is 1. The first-order valence-electron chi connectivity index (χ1n) is 15.3. The summed E-state index contributed by atoms with van der Waals surface area (Å²) in [6, 6.07) is 17.8. The van der Waals surface area contributed by atoms with Gasteiger partial charge < -0.3 is 34.8 Å². The van der Waals surface area contributed by atoms with Crippen molar-refractivity contribution in [2.75, 3.05) is 51.3 Å². The number of aromatic nitrogens is 2. The van der Waals surface area contributed by atoms with E-state index in [1.165, 1.54) is 0 Å². The van der Waals surface area contributed by atoms with Crippen LogP contribution >= 0.6 is 31.9 Å². The predicted molar refractivity (Wildman–Crippen MR) is 184 cm³/mol. The lowest BCUT2D eigenvalue weighted by molar-refractivity contribution is -0.133. The number of piperazine rings is 1. The van der Waals surface area contributed by atoms with E-state index >= 15 is 0 Å². The van der Waals surface area contributed by atoms with Crippen LogP contribution in [0.1, 0.15) is 24.4 Å². The third-order valence-electron chi connectivity index (χ3n) is 8.87. The van der Waals surface area contributed by atoms with E-state index in [0.717, 1.165) is 28.0 Å². The first-order chi connectivity index (χ1) is 22.2. The molecule has 3 N–H and O–H groups in total. The van der Waals surface area contributed by atoms with Crippen LogP contribution in [0.4, 0.5) is 10.5 Å². The number of piperidine rings is 1. The third-order valence-corrected chi connectivity index (χ3v) is 10.1. The number of imidazole rings is 1. The fourth-order valence-corrected chi connectivity index (χ4v) is 7.74. The standard InChI is InChI=1S/C33H36Br2N6O5/c1-46-29-9-5-4-8-28(29)38-14-16-39(17-15-38)31(43)26(20-21-18-23(34)30(42)24(35)19-21)37-32(44)40-12-10-22(11-13-40)41-27-7-3-2-6-25(27)36-33(41)45/h2-9,18-19,22,26,42H,10-17,20H2,1H3,(H,36,45)(H,37,44)/t26-/m1/s1. The molecule has 1 atom stereocenters. The summed E-state index contributed by atoms with van der Waals surface area (Å²) < 4.78 is 8.32. The second kappa shape index (κ2) is 13.8. The Kier molecular flexibility index (Phi) is 9.60. The fraction of sp³-hybridized carbons (Fsp3) is 0.364. The second-order valence-corrected chi connectivity index (χ2v) is 13.3. The van der Waals surface area contributed by atoms with Crippen molar-refractivity contribution in [2.45, 2.75) is 31.3 Å². The van der Waals surface area contributed by atoms with Crippen LogP contribution in [0.3, 0.4) is 0 Å². The van der Waals surface area contributed by atoms with Crippen LogP contribution in [0, 0.1) is 0 Å². The Morgan fingerprint density at radius 3 is 2.30 bits per heavy atom. The van der Waals surface area contributed by atoms with E-state index in [0.29, 0.717) is 61.1 Å². The van der Waals surface area contributed by atoms with Crippen molar-refractivity contribution in [3.05, 3.63) is 85.7 Å². The number of amides is 3. The molecule has 2 aliphatic rings. The van der Waals surface area contributed by atoms with Gasteiger partial charge in [-0.15, -0.1) is 0 Å². The number of nitrogens with one attached hydrogen (secondary N) is 2. The minimum absolute atomic E-state index is 0.0311. The number of ether oxygens (including phenoxy) is 1. The molecule has 0 bridgehead atoms. The monoisotopic (exact) mass is 754 g/mol. The van der Waals surface area contributed by atoms with Gasteiger partial charge in [-0.3, -0.25) is 9.36 Å². The van der Waals surface area contributed by atoms with E-state index in [9.17, 15) is 19.5 Å². The van der Waals surface area contributed by atoms with Crippen LogP contribution in [0.2, 0.25) is 0 Å². The molecule has 0 spiro atoms. The van der Waals surface area contributed by atoms with Gasteiger partial charge in [-0.1, -0.05) is 24.3 Å². The number of anilines is 1. The molecular formula is C33H36Br2N6O5. The van der Waals surface area contributed by atoms with Gasteiger partial charge in [-0.2, -0.15) is 0 Å². The number of nitrogens with zero attached hydrogens (tertiary/aromatic N) is 4. The maximum absolute atomic E-state index is 14.0. The maximum Gasteiger partial charge on any atom is 0.326 e. The summed E-state index contributed by atoms with van der Waals surface area (Å²) in [6.07, 6.45) is 1.49. The molecule has 46 heavy (non-hydrogen) atoms. The van der Waals surface area contributed by atoms with Crippen molar-refractivity contribution < 1.29 is 19.4 Å². The van der Waals surface area contributed by atoms with Crippen LogP contribution in [0.15, 0.2) is 74.4 Å². The first kappa shape index (κ1) is 32.0. The van der Waals surface area contributed by atoms with Crippen molar-refractivity contribution in [2.24, 2.45) is 0 Å². The maximum atomic E-state index is 14.0. The number of H-pyrrole nitrogens is 1. The molecule has 3 aromatic carbocycles. The van der Waals surface area contributed by atoms with Crippen LogP contribution in [0.25, 0.3) is 11.0 Å². The highest BCUT2D eigenvalue weighted by Gasteiger charge is 2.33. The molecule has 13 heteroatoms. The Morgan fingerprint density at radius 2 is 1.61 bits per heavy atom. The molecule has 242 valence electrons. The fourth-order valence-electron chi connectivity index (χ4n) is 6.46. The topological polar surface area (TPSA) is 123 Å². The second-order valence-electron chi connectivity index (χ2n) is 11.6. The quantitative estimate of drug-likeness (QED) is 0.248. The number of halogens is 2. The summed E-state index contributed by atoms with van der Waals surface area (Å²) in [5.41, 5.74) is 3.27. The van der Waals surface area contributed by atoms with E-state index in [-0.39, 0.29) is 35.8 Å². The molecule has 0 saturated carbocycles. The third kappa shape index (κ3) is 6.61. The number of fused-ring (bicyclic) bond motifs is 1. The van der Waals surface area contributed by atoms with Gasteiger partial charge in [0, 0.05) is 51.7 Å². The van der Waals surface area contributed by atoms with Crippen LogP contribution in [-0.2, 0) is 11.2 Å². The van der Waals surface area contributed by atoms with Crippen molar-refractivity contribution in [1.82, 2.24) is 24.7 Å². The van der Waals surface area contributed by atoms with Crippen LogP contribution < -0.4 is 20.6 Å². The predicted octanol–water partition coefficient (Wildman–Crippen LogP) is 4.88. The first-order valence-corrected chi connectivity index (χ1v) is 16.9. The zero-order valence-electron chi connectivity index (χ0n) is 25.4. The minimum Gasteiger partial charge on any atom is -0.506 e. The number of likely N-dealkylation sites (tertiary alicyclic amines) is 1. The molecule has 6 rings (SSSR count). The zero-order valence-corrected chi connectivity index (χ0v) is 28.6. The Balaban J connectivity index is 1.15. The van der Waals surface area contributed by atoms with Gasteiger partial charge in [0.1, 0.15) is 17.5 Å². The number of methoxy groups -OCH3 is 1. The molecule has 0 unspecified atom stereocenters. The average molecular weight is 756 g/mol.